The maximum atomic E-state index is 12.9. The number of fused-ring (bicyclic) bond motifs is 1. The fourth-order valence-corrected chi connectivity index (χ4v) is 6.55. The minimum absolute atomic E-state index is 0.0579. The van der Waals surface area contributed by atoms with Crippen LogP contribution in [0, 0.1) is 0 Å². The average molecular weight is 458 g/mol. The van der Waals surface area contributed by atoms with Gasteiger partial charge >= 0.3 is 0 Å². The summed E-state index contributed by atoms with van der Waals surface area (Å²) < 4.78 is 30.3. The number of hydrogen-bond donors (Lipinski definition) is 0. The van der Waals surface area contributed by atoms with Crippen LogP contribution in [0.2, 0.25) is 0 Å². The van der Waals surface area contributed by atoms with Gasteiger partial charge in [-0.2, -0.15) is 9.30 Å². The van der Waals surface area contributed by atoms with E-state index in [1.807, 2.05) is 11.6 Å². The third-order valence-corrected chi connectivity index (χ3v) is 9.12. The molecule has 8 heteroatoms. The second kappa shape index (κ2) is 8.68. The van der Waals surface area contributed by atoms with E-state index in [2.05, 4.69) is 30.1 Å². The van der Waals surface area contributed by atoms with Gasteiger partial charge in [0.05, 0.1) is 15.1 Å². The molecule has 4 rings (SSSR count). The zero-order valence-corrected chi connectivity index (χ0v) is 19.7. The molecule has 0 unspecified atom stereocenters. The minimum Gasteiger partial charge on any atom is -0.319 e. The first-order valence-corrected chi connectivity index (χ1v) is 12.8. The van der Waals surface area contributed by atoms with Crippen molar-refractivity contribution < 1.29 is 13.2 Å². The van der Waals surface area contributed by atoms with Gasteiger partial charge in [0.1, 0.15) is 0 Å². The van der Waals surface area contributed by atoms with Crippen molar-refractivity contribution in [2.24, 2.45) is 12.0 Å². The molecular formula is C23H27N3O3S2. The van der Waals surface area contributed by atoms with Crippen LogP contribution in [0.15, 0.2) is 52.4 Å². The minimum atomic E-state index is -3.57. The Kier molecular flexibility index (Phi) is 6.14. The number of amides is 1. The molecule has 0 atom stereocenters. The lowest BCUT2D eigenvalue weighted by molar-refractivity contribution is 0.0998. The first-order chi connectivity index (χ1) is 14.8. The van der Waals surface area contributed by atoms with Crippen molar-refractivity contribution >= 4 is 37.5 Å². The van der Waals surface area contributed by atoms with Gasteiger partial charge in [0, 0.05) is 25.7 Å². The van der Waals surface area contributed by atoms with Gasteiger partial charge in [-0.25, -0.2) is 8.42 Å². The van der Waals surface area contributed by atoms with Gasteiger partial charge in [-0.1, -0.05) is 37.2 Å². The van der Waals surface area contributed by atoms with Crippen molar-refractivity contribution in [2.45, 2.75) is 50.0 Å². The van der Waals surface area contributed by atoms with Gasteiger partial charge in [-0.05, 0) is 61.2 Å². The number of thiazole rings is 1. The van der Waals surface area contributed by atoms with E-state index in [1.165, 1.54) is 33.3 Å². The summed E-state index contributed by atoms with van der Waals surface area (Å²) in [6.07, 6.45) is 4.88. The summed E-state index contributed by atoms with van der Waals surface area (Å²) in [7, 11) is -0.0272. The molecule has 0 N–H and O–H groups in total. The molecule has 31 heavy (non-hydrogen) atoms. The molecule has 3 aromatic rings. The molecule has 1 saturated carbocycles. The number of carbonyl (C=O) groups excluding carboxylic acids is 1. The smallest absolute Gasteiger partial charge is 0.279 e. The second-order valence-electron chi connectivity index (χ2n) is 8.00. The summed E-state index contributed by atoms with van der Waals surface area (Å²) in [6, 6.07) is 12.4. The molecule has 6 nitrogen and oxygen atoms in total. The van der Waals surface area contributed by atoms with E-state index in [4.69, 9.17) is 0 Å². The fraction of sp³-hybridized carbons (Fsp3) is 0.391. The first kappa shape index (κ1) is 21.9. The summed E-state index contributed by atoms with van der Waals surface area (Å²) in [6.45, 7) is 2.11. The summed E-state index contributed by atoms with van der Waals surface area (Å²) >= 11 is 1.47. The largest absolute Gasteiger partial charge is 0.319 e. The van der Waals surface area contributed by atoms with E-state index in [0.29, 0.717) is 10.4 Å². The van der Waals surface area contributed by atoms with Crippen molar-refractivity contribution in [3.8, 4) is 0 Å². The van der Waals surface area contributed by atoms with Crippen LogP contribution < -0.4 is 4.80 Å². The summed E-state index contributed by atoms with van der Waals surface area (Å²) in [5, 5.41) is 0. The molecule has 1 fully saturated rings. The van der Waals surface area contributed by atoms with E-state index in [0.717, 1.165) is 42.3 Å². The number of aromatic nitrogens is 1. The molecule has 0 spiro atoms. The number of hydrogen-bond acceptors (Lipinski definition) is 4. The predicted octanol–water partition coefficient (Wildman–Crippen LogP) is 4.11. The Morgan fingerprint density at radius 1 is 1.16 bits per heavy atom. The van der Waals surface area contributed by atoms with Gasteiger partial charge in [0.15, 0.2) is 4.80 Å². The van der Waals surface area contributed by atoms with E-state index < -0.39 is 10.0 Å². The zero-order chi connectivity index (χ0) is 22.2. The highest BCUT2D eigenvalue weighted by Crippen LogP contribution is 2.27. The molecule has 0 bridgehead atoms. The predicted molar refractivity (Wildman–Crippen MR) is 124 cm³/mol. The average Bonchev–Trinajstić information content (AvgIpc) is 3.41. The number of aryl methyl sites for hydroxylation is 2. The molecule has 2 aromatic carbocycles. The van der Waals surface area contributed by atoms with Gasteiger partial charge in [-0.15, -0.1) is 0 Å². The van der Waals surface area contributed by atoms with Crippen LogP contribution in [0.5, 0.6) is 0 Å². The maximum Gasteiger partial charge on any atom is 0.279 e. The van der Waals surface area contributed by atoms with E-state index in [1.54, 1.807) is 19.2 Å². The molecule has 1 aliphatic rings. The standard InChI is InChI=1S/C23H27N3O3S2/c1-4-16-9-14-20-21(15-16)30-23(25(20)2)24-22(27)17-10-12-19(13-11-17)31(28,29)26(3)18-7-5-6-8-18/h9-15,18H,4-8H2,1-3H3. The Bertz CT molecular complexity index is 1280. The Balaban J connectivity index is 1.60. The third-order valence-electron chi connectivity index (χ3n) is 6.10. The lowest BCUT2D eigenvalue weighted by atomic mass is 10.2. The van der Waals surface area contributed by atoms with Gasteiger partial charge in [0.2, 0.25) is 10.0 Å². The number of sulfonamides is 1. The number of benzene rings is 2. The molecule has 0 saturated heterocycles. The Hall–Kier alpha value is -2.29. The highest BCUT2D eigenvalue weighted by Gasteiger charge is 2.30. The zero-order valence-electron chi connectivity index (χ0n) is 18.0. The molecule has 0 radical (unpaired) electrons. The molecule has 0 aliphatic heterocycles. The Morgan fingerprint density at radius 3 is 2.48 bits per heavy atom. The maximum absolute atomic E-state index is 12.9. The van der Waals surface area contributed by atoms with Crippen molar-refractivity contribution in [3.05, 3.63) is 58.4 Å². The Morgan fingerprint density at radius 2 is 1.84 bits per heavy atom. The van der Waals surface area contributed by atoms with Crippen LogP contribution in [-0.4, -0.2) is 36.3 Å². The molecule has 1 aromatic heterocycles. The molecule has 164 valence electrons. The van der Waals surface area contributed by atoms with Crippen LogP contribution in [0.1, 0.15) is 48.5 Å². The summed E-state index contributed by atoms with van der Waals surface area (Å²) in [5.41, 5.74) is 2.64. The molecule has 1 heterocycles. The van der Waals surface area contributed by atoms with Gasteiger partial charge < -0.3 is 4.57 Å². The third kappa shape index (κ3) is 4.24. The van der Waals surface area contributed by atoms with Crippen molar-refractivity contribution in [3.63, 3.8) is 0 Å². The lowest BCUT2D eigenvalue weighted by Gasteiger charge is -2.23. The second-order valence-corrected chi connectivity index (χ2v) is 11.0. The monoisotopic (exact) mass is 457 g/mol. The van der Waals surface area contributed by atoms with Crippen molar-refractivity contribution in [1.82, 2.24) is 8.87 Å². The fourth-order valence-electron chi connectivity index (χ4n) is 4.06. The van der Waals surface area contributed by atoms with E-state index in [9.17, 15) is 13.2 Å². The van der Waals surface area contributed by atoms with E-state index >= 15 is 0 Å². The SMILES string of the molecule is CCc1ccc2c(c1)sc(=NC(=O)c1ccc(S(=O)(=O)N(C)C3CCCC3)cc1)n2C. The number of rotatable bonds is 5. The molecular weight excluding hydrogens is 430 g/mol. The van der Waals surface area contributed by atoms with Crippen molar-refractivity contribution in [1.29, 1.82) is 0 Å². The number of nitrogens with zero attached hydrogens (tertiary/aromatic N) is 3. The Labute approximate surface area is 186 Å². The normalized spacial score (nSPS) is 15.9. The van der Waals surface area contributed by atoms with Crippen LogP contribution in [-0.2, 0) is 23.5 Å². The van der Waals surface area contributed by atoms with Crippen LogP contribution in [0.4, 0.5) is 0 Å². The van der Waals surface area contributed by atoms with Gasteiger partial charge in [-0.3, -0.25) is 4.79 Å². The van der Waals surface area contributed by atoms with Crippen LogP contribution >= 0.6 is 11.3 Å². The molecule has 1 aliphatic carbocycles. The topological polar surface area (TPSA) is 71.7 Å². The first-order valence-electron chi connectivity index (χ1n) is 10.6. The van der Waals surface area contributed by atoms with Crippen molar-refractivity contribution in [2.75, 3.05) is 7.05 Å². The number of carbonyl (C=O) groups is 1. The van der Waals surface area contributed by atoms with Crippen LogP contribution in [0.25, 0.3) is 10.2 Å². The van der Waals surface area contributed by atoms with E-state index in [-0.39, 0.29) is 16.8 Å². The van der Waals surface area contributed by atoms with Crippen LogP contribution in [0.3, 0.4) is 0 Å². The quantitative estimate of drug-likeness (QED) is 0.579. The highest BCUT2D eigenvalue weighted by molar-refractivity contribution is 7.89. The summed E-state index contributed by atoms with van der Waals surface area (Å²) in [4.78, 5) is 17.9. The highest BCUT2D eigenvalue weighted by atomic mass is 32.2. The molecule has 1 amide bonds. The van der Waals surface area contributed by atoms with Gasteiger partial charge in [0.25, 0.3) is 5.91 Å². The lowest BCUT2D eigenvalue weighted by Crippen LogP contribution is -2.35. The summed E-state index contributed by atoms with van der Waals surface area (Å²) in [5.74, 6) is -0.383.